The number of hydrogen-bond acceptors (Lipinski definition) is 9. The first kappa shape index (κ1) is 21.2. The third kappa shape index (κ3) is 3.72. The molecule has 2 aliphatic rings. The Labute approximate surface area is 200 Å². The summed E-state index contributed by atoms with van der Waals surface area (Å²) in [6.07, 6.45) is 4.31. The first-order valence-corrected chi connectivity index (χ1v) is 12.0. The van der Waals surface area contributed by atoms with Gasteiger partial charge in [-0.05, 0) is 50.5 Å². The number of nitrogens with zero attached hydrogens (tertiary/aromatic N) is 6. The Morgan fingerprint density at radius 3 is 2.79 bits per heavy atom. The molecule has 9 nitrogen and oxygen atoms in total. The van der Waals surface area contributed by atoms with Gasteiger partial charge in [0.2, 0.25) is 0 Å². The van der Waals surface area contributed by atoms with E-state index in [-0.39, 0.29) is 17.9 Å². The molecule has 4 aromatic rings. The van der Waals surface area contributed by atoms with Crippen molar-refractivity contribution in [2.24, 2.45) is 5.92 Å². The number of ether oxygens (including phenoxy) is 1. The van der Waals surface area contributed by atoms with Crippen LogP contribution in [0.4, 0.5) is 5.69 Å². The van der Waals surface area contributed by atoms with Crippen molar-refractivity contribution in [1.29, 1.82) is 5.26 Å². The van der Waals surface area contributed by atoms with Gasteiger partial charge in [-0.1, -0.05) is 11.3 Å². The van der Waals surface area contributed by atoms with Crippen molar-refractivity contribution in [3.05, 3.63) is 47.2 Å². The molecular weight excluding hydrogens is 450 g/mol. The fraction of sp³-hybridized carbons (Fsp3) is 0.375. The molecule has 0 aromatic carbocycles. The molecule has 0 unspecified atom stereocenters. The van der Waals surface area contributed by atoms with Crippen LogP contribution in [0.2, 0.25) is 0 Å². The summed E-state index contributed by atoms with van der Waals surface area (Å²) in [6, 6.07) is 10.0. The molecule has 1 saturated heterocycles. The Morgan fingerprint density at radius 1 is 1.24 bits per heavy atom. The Balaban J connectivity index is 1.36. The summed E-state index contributed by atoms with van der Waals surface area (Å²) in [5.74, 6) is 0.474. The zero-order chi connectivity index (χ0) is 23.4. The standard InChI is InChI=1S/C24H23N7O2S/c1-24(2,32)18-6-16(18)22-29-30-23(34-22)17-10-26-20(7-19(17)28-14-11-33-12-14)21-4-3-15-5-13(8-25)9-27-31(15)21/h3-5,7,9-10,14,16,18,32H,6,11-12H2,1-2H3,(H,26,28)/t16-,18+/m0/s1. The highest BCUT2D eigenvalue weighted by Gasteiger charge is 2.49. The van der Waals surface area contributed by atoms with E-state index in [0.29, 0.717) is 18.8 Å². The molecule has 0 spiro atoms. The molecule has 2 fully saturated rings. The molecule has 0 bridgehead atoms. The van der Waals surface area contributed by atoms with Gasteiger partial charge in [-0.3, -0.25) is 4.98 Å². The topological polar surface area (TPSA) is 121 Å². The van der Waals surface area contributed by atoms with E-state index in [9.17, 15) is 5.11 Å². The minimum Gasteiger partial charge on any atom is -0.390 e. The number of rotatable bonds is 6. The lowest BCUT2D eigenvalue weighted by atomic mass is 10.0. The first-order chi connectivity index (χ1) is 16.4. The zero-order valence-corrected chi connectivity index (χ0v) is 19.6. The summed E-state index contributed by atoms with van der Waals surface area (Å²) in [5, 5.41) is 38.1. The van der Waals surface area contributed by atoms with Crippen molar-refractivity contribution in [3.63, 3.8) is 0 Å². The van der Waals surface area contributed by atoms with Crippen molar-refractivity contribution in [1.82, 2.24) is 24.8 Å². The third-order valence-corrected chi connectivity index (χ3v) is 7.57. The van der Waals surface area contributed by atoms with Crippen LogP contribution in [-0.4, -0.2) is 54.8 Å². The number of aromatic nitrogens is 5. The van der Waals surface area contributed by atoms with Gasteiger partial charge in [0.15, 0.2) is 5.01 Å². The van der Waals surface area contributed by atoms with Crippen LogP contribution in [0.25, 0.3) is 27.5 Å². The predicted molar refractivity (Wildman–Crippen MR) is 127 cm³/mol. The normalized spacial score (nSPS) is 20.2. The van der Waals surface area contributed by atoms with E-state index in [1.807, 2.05) is 38.2 Å². The van der Waals surface area contributed by atoms with Gasteiger partial charge in [-0.25, -0.2) is 4.52 Å². The second-order valence-electron chi connectivity index (χ2n) is 9.45. The van der Waals surface area contributed by atoms with Gasteiger partial charge >= 0.3 is 0 Å². The summed E-state index contributed by atoms with van der Waals surface area (Å²) in [7, 11) is 0. The number of anilines is 1. The fourth-order valence-electron chi connectivity index (χ4n) is 4.42. The lowest BCUT2D eigenvalue weighted by molar-refractivity contribution is 0.0211. The quantitative estimate of drug-likeness (QED) is 0.437. The summed E-state index contributed by atoms with van der Waals surface area (Å²) in [5.41, 5.74) is 4.04. The lowest BCUT2D eigenvalue weighted by Gasteiger charge is -2.28. The second kappa shape index (κ2) is 7.84. The molecule has 1 saturated carbocycles. The van der Waals surface area contributed by atoms with Crippen LogP contribution in [0.3, 0.4) is 0 Å². The number of pyridine rings is 1. The number of hydrogen-bond donors (Lipinski definition) is 2. The summed E-state index contributed by atoms with van der Waals surface area (Å²) >= 11 is 1.56. The van der Waals surface area contributed by atoms with Gasteiger partial charge in [0.25, 0.3) is 0 Å². The van der Waals surface area contributed by atoms with Gasteiger partial charge < -0.3 is 15.2 Å². The first-order valence-electron chi connectivity index (χ1n) is 11.2. The average Bonchev–Trinajstić information content (AvgIpc) is 3.29. The minimum atomic E-state index is -0.710. The van der Waals surface area contributed by atoms with Crippen LogP contribution >= 0.6 is 11.3 Å². The summed E-state index contributed by atoms with van der Waals surface area (Å²) < 4.78 is 7.14. The maximum Gasteiger partial charge on any atom is 0.151 e. The van der Waals surface area contributed by atoms with Crippen molar-refractivity contribution >= 4 is 22.5 Å². The maximum atomic E-state index is 10.3. The molecule has 2 atom stereocenters. The Hall–Kier alpha value is -3.39. The van der Waals surface area contributed by atoms with Crippen LogP contribution < -0.4 is 5.32 Å². The predicted octanol–water partition coefficient (Wildman–Crippen LogP) is 3.47. The molecule has 0 radical (unpaired) electrons. The molecule has 1 aliphatic heterocycles. The monoisotopic (exact) mass is 473 g/mol. The molecule has 2 N–H and O–H groups in total. The molecule has 1 aliphatic carbocycles. The van der Waals surface area contributed by atoms with Crippen LogP contribution in [0, 0.1) is 17.2 Å². The highest BCUT2D eigenvalue weighted by molar-refractivity contribution is 7.14. The van der Waals surface area contributed by atoms with E-state index in [1.54, 1.807) is 28.1 Å². The maximum absolute atomic E-state index is 10.3. The lowest BCUT2D eigenvalue weighted by Crippen LogP contribution is -2.40. The highest BCUT2D eigenvalue weighted by atomic mass is 32.1. The van der Waals surface area contributed by atoms with E-state index in [4.69, 9.17) is 15.0 Å². The van der Waals surface area contributed by atoms with E-state index in [2.05, 4.69) is 26.7 Å². The molecule has 5 heterocycles. The van der Waals surface area contributed by atoms with Gasteiger partial charge in [-0.15, -0.1) is 10.2 Å². The van der Waals surface area contributed by atoms with E-state index >= 15 is 0 Å². The highest BCUT2D eigenvalue weighted by Crippen LogP contribution is 2.54. The number of aliphatic hydroxyl groups is 1. The fourth-order valence-corrected chi connectivity index (χ4v) is 5.47. The molecule has 6 rings (SSSR count). The van der Waals surface area contributed by atoms with E-state index < -0.39 is 5.60 Å². The van der Waals surface area contributed by atoms with Crippen molar-refractivity contribution in [2.45, 2.75) is 37.8 Å². The van der Waals surface area contributed by atoms with Crippen LogP contribution in [0.15, 0.2) is 36.7 Å². The van der Waals surface area contributed by atoms with E-state index in [0.717, 1.165) is 44.6 Å². The number of nitriles is 1. The second-order valence-corrected chi connectivity index (χ2v) is 10.5. The molecule has 34 heavy (non-hydrogen) atoms. The largest absolute Gasteiger partial charge is 0.390 e. The minimum absolute atomic E-state index is 0.218. The Kier molecular flexibility index (Phi) is 4.88. The molecule has 0 amide bonds. The van der Waals surface area contributed by atoms with Crippen molar-refractivity contribution in [3.8, 4) is 28.0 Å². The van der Waals surface area contributed by atoms with Gasteiger partial charge in [0.1, 0.15) is 11.1 Å². The summed E-state index contributed by atoms with van der Waals surface area (Å²) in [4.78, 5) is 4.73. The van der Waals surface area contributed by atoms with Gasteiger partial charge in [-0.2, -0.15) is 10.4 Å². The summed E-state index contributed by atoms with van der Waals surface area (Å²) in [6.45, 7) is 5.01. The molecule has 4 aromatic heterocycles. The van der Waals surface area contributed by atoms with Crippen LogP contribution in [0.1, 0.15) is 36.8 Å². The van der Waals surface area contributed by atoms with Crippen LogP contribution in [0.5, 0.6) is 0 Å². The number of fused-ring (bicyclic) bond motifs is 1. The van der Waals surface area contributed by atoms with Gasteiger partial charge in [0.05, 0.1) is 59.1 Å². The average molecular weight is 474 g/mol. The molecular formula is C24H23N7O2S. The Morgan fingerprint density at radius 2 is 2.09 bits per heavy atom. The van der Waals surface area contributed by atoms with Gasteiger partial charge in [0, 0.05) is 17.8 Å². The van der Waals surface area contributed by atoms with Crippen LogP contribution in [-0.2, 0) is 4.74 Å². The smallest absolute Gasteiger partial charge is 0.151 e. The zero-order valence-electron chi connectivity index (χ0n) is 18.8. The molecule has 10 heteroatoms. The third-order valence-electron chi connectivity index (χ3n) is 6.48. The van der Waals surface area contributed by atoms with E-state index in [1.165, 1.54) is 0 Å². The molecule has 172 valence electrons. The Bertz CT molecular complexity index is 1430. The SMILES string of the molecule is CC(C)(O)[C@@H]1C[C@@H]1c1nnc(-c2cnc(-c3ccc4cc(C#N)cnn34)cc2NC2COC2)s1. The van der Waals surface area contributed by atoms with Crippen molar-refractivity contribution in [2.75, 3.05) is 18.5 Å². The van der Waals surface area contributed by atoms with Crippen molar-refractivity contribution < 1.29 is 9.84 Å². The number of nitrogens with one attached hydrogen (secondary N) is 1.